The molecule has 0 saturated carbocycles. The fourth-order valence-electron chi connectivity index (χ4n) is 2.10. The summed E-state index contributed by atoms with van der Waals surface area (Å²) >= 11 is 1.54. The Morgan fingerprint density at radius 2 is 2.06 bits per heavy atom. The number of nitrogens with zero attached hydrogens (tertiary/aromatic N) is 2. The minimum Gasteiger partial charge on any atom is -0.338 e. The Labute approximate surface area is 111 Å². The molecule has 1 aromatic heterocycles. The van der Waals surface area contributed by atoms with Crippen molar-refractivity contribution in [3.05, 3.63) is 28.0 Å². The Kier molecular flexibility index (Phi) is 4.54. The van der Waals surface area contributed by atoms with E-state index in [9.17, 15) is 4.79 Å². The summed E-state index contributed by atoms with van der Waals surface area (Å²) < 4.78 is 0. The van der Waals surface area contributed by atoms with Gasteiger partial charge in [0.2, 0.25) is 0 Å². The molecule has 0 aromatic carbocycles. The average molecular weight is 260 g/mol. The van der Waals surface area contributed by atoms with Crippen LogP contribution in [0.3, 0.4) is 0 Å². The van der Waals surface area contributed by atoms with Gasteiger partial charge in [0.25, 0.3) is 5.91 Å². The van der Waals surface area contributed by atoms with Crippen LogP contribution in [0.1, 0.15) is 30.6 Å². The van der Waals surface area contributed by atoms with Crippen LogP contribution >= 0.6 is 11.3 Å². The number of nitriles is 1. The van der Waals surface area contributed by atoms with E-state index in [1.54, 1.807) is 6.08 Å². The molecule has 1 saturated heterocycles. The minimum atomic E-state index is -0.118. The lowest BCUT2D eigenvalue weighted by Gasteiger charge is -2.19. The molecule has 1 amide bonds. The lowest BCUT2D eigenvalue weighted by atomic mass is 10.2. The summed E-state index contributed by atoms with van der Waals surface area (Å²) in [4.78, 5) is 15.0. The largest absolute Gasteiger partial charge is 0.338 e. The highest BCUT2D eigenvalue weighted by Crippen LogP contribution is 2.16. The van der Waals surface area contributed by atoms with Crippen LogP contribution in [0.2, 0.25) is 0 Å². The van der Waals surface area contributed by atoms with Gasteiger partial charge < -0.3 is 4.90 Å². The molecular weight excluding hydrogens is 244 g/mol. The molecule has 3 nitrogen and oxygen atoms in total. The summed E-state index contributed by atoms with van der Waals surface area (Å²) in [7, 11) is 0. The van der Waals surface area contributed by atoms with Crippen LogP contribution in [0, 0.1) is 11.3 Å². The molecule has 94 valence electrons. The Balaban J connectivity index is 2.12. The zero-order valence-corrected chi connectivity index (χ0v) is 11.1. The van der Waals surface area contributed by atoms with E-state index >= 15 is 0 Å². The molecule has 2 rings (SSSR count). The first-order chi connectivity index (χ1) is 8.81. The summed E-state index contributed by atoms with van der Waals surface area (Å²) in [5.74, 6) is -0.118. The van der Waals surface area contributed by atoms with E-state index in [2.05, 4.69) is 0 Å². The molecule has 18 heavy (non-hydrogen) atoms. The van der Waals surface area contributed by atoms with Crippen molar-refractivity contribution in [2.45, 2.75) is 25.7 Å². The second-order valence-corrected chi connectivity index (χ2v) is 5.37. The number of hydrogen-bond donors (Lipinski definition) is 0. The van der Waals surface area contributed by atoms with Crippen molar-refractivity contribution in [2.24, 2.45) is 0 Å². The van der Waals surface area contributed by atoms with Gasteiger partial charge >= 0.3 is 0 Å². The second-order valence-electron chi connectivity index (χ2n) is 4.39. The van der Waals surface area contributed by atoms with Crippen molar-refractivity contribution in [3.63, 3.8) is 0 Å². The van der Waals surface area contributed by atoms with E-state index in [-0.39, 0.29) is 11.5 Å². The van der Waals surface area contributed by atoms with Crippen LogP contribution in [0.5, 0.6) is 0 Å². The molecular formula is C14H16N2OS. The molecule has 0 N–H and O–H groups in total. The first-order valence-corrected chi connectivity index (χ1v) is 7.14. The SMILES string of the molecule is N#CC(=Cc1cccs1)C(=O)N1CCCCCC1. The number of thiophene rings is 1. The average Bonchev–Trinajstić information content (AvgIpc) is 2.75. The quantitative estimate of drug-likeness (QED) is 0.606. The third-order valence-corrected chi connectivity index (χ3v) is 3.89. The van der Waals surface area contributed by atoms with Crippen LogP contribution < -0.4 is 0 Å². The molecule has 0 atom stereocenters. The van der Waals surface area contributed by atoms with Gasteiger partial charge in [-0.05, 0) is 30.4 Å². The maximum absolute atomic E-state index is 12.2. The number of likely N-dealkylation sites (tertiary alicyclic amines) is 1. The van der Waals surface area contributed by atoms with Gasteiger partial charge in [0.05, 0.1) is 0 Å². The molecule has 0 bridgehead atoms. The normalized spacial score (nSPS) is 17.1. The third kappa shape index (κ3) is 3.21. The first-order valence-electron chi connectivity index (χ1n) is 6.26. The molecule has 1 aliphatic heterocycles. The Morgan fingerprint density at radius 3 is 2.61 bits per heavy atom. The lowest BCUT2D eigenvalue weighted by molar-refractivity contribution is -0.126. The van der Waals surface area contributed by atoms with Gasteiger partial charge in [-0.2, -0.15) is 5.26 Å². The van der Waals surface area contributed by atoms with Gasteiger partial charge in [0.15, 0.2) is 0 Å². The molecule has 4 heteroatoms. The zero-order chi connectivity index (χ0) is 12.8. The van der Waals surface area contributed by atoms with E-state index in [1.165, 1.54) is 24.2 Å². The van der Waals surface area contributed by atoms with Crippen molar-refractivity contribution in [1.29, 1.82) is 5.26 Å². The molecule has 0 radical (unpaired) electrons. The molecule has 1 fully saturated rings. The fraction of sp³-hybridized carbons (Fsp3) is 0.429. The maximum atomic E-state index is 12.2. The fourth-order valence-corrected chi connectivity index (χ4v) is 2.76. The summed E-state index contributed by atoms with van der Waals surface area (Å²) in [6, 6.07) is 5.87. The minimum absolute atomic E-state index is 0.118. The van der Waals surface area contributed by atoms with Gasteiger partial charge in [0.1, 0.15) is 11.6 Å². The smallest absolute Gasteiger partial charge is 0.264 e. The molecule has 2 heterocycles. The standard InChI is InChI=1S/C14H16N2OS/c15-11-12(10-13-6-5-9-18-13)14(17)16-7-3-1-2-4-8-16/h5-6,9-10H,1-4,7-8H2. The second kappa shape index (κ2) is 6.36. The Hall–Kier alpha value is -1.60. The first kappa shape index (κ1) is 12.8. The van der Waals surface area contributed by atoms with Gasteiger partial charge in [-0.1, -0.05) is 18.9 Å². The summed E-state index contributed by atoms with van der Waals surface area (Å²) in [6.07, 6.45) is 6.14. The number of rotatable bonds is 2. The van der Waals surface area contributed by atoms with E-state index < -0.39 is 0 Å². The van der Waals surface area contributed by atoms with E-state index in [0.717, 1.165) is 30.8 Å². The third-order valence-electron chi connectivity index (χ3n) is 3.07. The summed E-state index contributed by atoms with van der Waals surface area (Å²) in [5, 5.41) is 11.1. The van der Waals surface area contributed by atoms with Crippen molar-refractivity contribution in [2.75, 3.05) is 13.1 Å². The number of amides is 1. The van der Waals surface area contributed by atoms with Crippen molar-refractivity contribution >= 4 is 23.3 Å². The highest BCUT2D eigenvalue weighted by Gasteiger charge is 2.19. The predicted octanol–water partition coefficient (Wildman–Crippen LogP) is 3.06. The van der Waals surface area contributed by atoms with Crippen LogP contribution in [0.15, 0.2) is 23.1 Å². The van der Waals surface area contributed by atoms with Crippen LogP contribution in [0.4, 0.5) is 0 Å². The van der Waals surface area contributed by atoms with Crippen molar-refractivity contribution in [3.8, 4) is 6.07 Å². The molecule has 0 aliphatic carbocycles. The highest BCUT2D eigenvalue weighted by molar-refractivity contribution is 7.10. The van der Waals surface area contributed by atoms with E-state index in [0.29, 0.717) is 0 Å². The van der Waals surface area contributed by atoms with Crippen LogP contribution in [0.25, 0.3) is 6.08 Å². The van der Waals surface area contributed by atoms with Gasteiger partial charge in [0, 0.05) is 18.0 Å². The van der Waals surface area contributed by atoms with Gasteiger partial charge in [-0.25, -0.2) is 0 Å². The highest BCUT2D eigenvalue weighted by atomic mass is 32.1. The Morgan fingerprint density at radius 1 is 1.33 bits per heavy atom. The molecule has 1 aromatic rings. The molecule has 1 aliphatic rings. The number of carbonyl (C=O) groups excluding carboxylic acids is 1. The summed E-state index contributed by atoms with van der Waals surface area (Å²) in [6.45, 7) is 1.56. The van der Waals surface area contributed by atoms with E-state index in [4.69, 9.17) is 5.26 Å². The number of carbonyl (C=O) groups is 1. The Bertz CT molecular complexity index is 462. The maximum Gasteiger partial charge on any atom is 0.264 e. The predicted molar refractivity (Wildman–Crippen MR) is 73.0 cm³/mol. The topological polar surface area (TPSA) is 44.1 Å². The van der Waals surface area contributed by atoms with Gasteiger partial charge in [-0.3, -0.25) is 4.79 Å². The van der Waals surface area contributed by atoms with Gasteiger partial charge in [-0.15, -0.1) is 11.3 Å². The zero-order valence-electron chi connectivity index (χ0n) is 10.3. The molecule has 0 unspecified atom stereocenters. The van der Waals surface area contributed by atoms with Crippen LogP contribution in [-0.2, 0) is 4.79 Å². The monoisotopic (exact) mass is 260 g/mol. The van der Waals surface area contributed by atoms with Crippen molar-refractivity contribution in [1.82, 2.24) is 4.90 Å². The van der Waals surface area contributed by atoms with Crippen molar-refractivity contribution < 1.29 is 4.79 Å². The number of hydrogen-bond acceptors (Lipinski definition) is 3. The molecule has 0 spiro atoms. The van der Waals surface area contributed by atoms with Crippen LogP contribution in [-0.4, -0.2) is 23.9 Å². The summed E-state index contributed by atoms with van der Waals surface area (Å²) in [5.41, 5.74) is 0.249. The lowest BCUT2D eigenvalue weighted by Crippen LogP contribution is -2.32. The van der Waals surface area contributed by atoms with E-state index in [1.807, 2.05) is 28.5 Å².